The van der Waals surface area contributed by atoms with E-state index in [1.807, 2.05) is 20.8 Å². The molecule has 9 nitrogen and oxygen atoms in total. The fourth-order valence-electron chi connectivity index (χ4n) is 1.45. The molecule has 0 aliphatic heterocycles. The first-order valence-corrected chi connectivity index (χ1v) is 6.46. The molecule has 2 aromatic heterocycles. The fraction of sp³-hybridized carbons (Fsp3) is 0.500. The third kappa shape index (κ3) is 4.65. The Bertz CT molecular complexity index is 565. The van der Waals surface area contributed by atoms with E-state index in [1.165, 1.54) is 0 Å². The summed E-state index contributed by atoms with van der Waals surface area (Å²) in [6.07, 6.45) is 4.90. The Balaban J connectivity index is 2.04. The molecule has 0 aliphatic rings. The zero-order valence-electron chi connectivity index (χ0n) is 12.3. The van der Waals surface area contributed by atoms with E-state index in [9.17, 15) is 0 Å². The van der Waals surface area contributed by atoms with Crippen molar-refractivity contribution in [3.05, 3.63) is 18.7 Å². The molecule has 0 amide bonds. The molecule has 0 radical (unpaired) electrons. The minimum absolute atomic E-state index is 0.166. The van der Waals surface area contributed by atoms with Crippen LogP contribution in [0.4, 0.5) is 5.95 Å². The van der Waals surface area contributed by atoms with E-state index in [4.69, 9.17) is 15.3 Å². The third-order valence-electron chi connectivity index (χ3n) is 2.32. The van der Waals surface area contributed by atoms with Gasteiger partial charge < -0.3 is 9.47 Å². The number of rotatable bonds is 6. The maximum Gasteiger partial charge on any atom is 0.323 e. The number of nitrogens with zero attached hydrogens (tertiary/aromatic N) is 5. The Morgan fingerprint density at radius 3 is 2.67 bits per heavy atom. The van der Waals surface area contributed by atoms with Gasteiger partial charge in [-0.3, -0.25) is 9.99 Å². The predicted molar refractivity (Wildman–Crippen MR) is 76.0 cm³/mol. The molecule has 0 unspecified atom stereocenters. The highest BCUT2D eigenvalue weighted by atomic mass is 16.5. The molecule has 0 saturated carbocycles. The second-order valence-electron chi connectivity index (χ2n) is 5.17. The highest BCUT2D eigenvalue weighted by molar-refractivity contribution is 5.28. The van der Waals surface area contributed by atoms with Gasteiger partial charge in [-0.15, -0.1) is 0 Å². The summed E-state index contributed by atoms with van der Waals surface area (Å²) in [6.45, 7) is 6.69. The highest BCUT2D eigenvalue weighted by Crippen LogP contribution is 2.11. The summed E-state index contributed by atoms with van der Waals surface area (Å²) < 4.78 is 12.7. The van der Waals surface area contributed by atoms with E-state index in [1.54, 1.807) is 23.3 Å². The van der Waals surface area contributed by atoms with Crippen LogP contribution in [0, 0.1) is 0 Å². The van der Waals surface area contributed by atoms with Crippen LogP contribution in [0.1, 0.15) is 20.8 Å². The Hall–Kier alpha value is -2.26. The number of hydrazine groups is 1. The summed E-state index contributed by atoms with van der Waals surface area (Å²) in [5.41, 5.74) is 2.16. The van der Waals surface area contributed by atoms with E-state index >= 15 is 0 Å². The van der Waals surface area contributed by atoms with Crippen molar-refractivity contribution in [3.63, 3.8) is 0 Å². The lowest BCUT2D eigenvalue weighted by molar-refractivity contribution is -0.0173. The maximum atomic E-state index is 5.56. The Morgan fingerprint density at radius 2 is 2.05 bits per heavy atom. The van der Waals surface area contributed by atoms with Crippen molar-refractivity contribution >= 4 is 5.95 Å². The molecule has 0 bridgehead atoms. The quantitative estimate of drug-likeness (QED) is 0.450. The van der Waals surface area contributed by atoms with Gasteiger partial charge in [-0.2, -0.15) is 15.0 Å². The average Bonchev–Trinajstić information content (AvgIpc) is 2.96. The van der Waals surface area contributed by atoms with Gasteiger partial charge in [0.2, 0.25) is 11.9 Å². The second kappa shape index (κ2) is 6.46. The number of ether oxygens (including phenoxy) is 2. The number of nitrogens with two attached hydrogens (primary N) is 1. The smallest absolute Gasteiger partial charge is 0.323 e. The van der Waals surface area contributed by atoms with Crippen molar-refractivity contribution in [2.45, 2.75) is 26.4 Å². The zero-order chi connectivity index (χ0) is 15.3. The lowest BCUT2D eigenvalue weighted by Crippen LogP contribution is -2.23. The molecular weight excluding hydrogens is 274 g/mol. The van der Waals surface area contributed by atoms with Crippen LogP contribution >= 0.6 is 0 Å². The van der Waals surface area contributed by atoms with Gasteiger partial charge >= 0.3 is 6.01 Å². The highest BCUT2D eigenvalue weighted by Gasteiger charge is 2.11. The first-order valence-electron chi connectivity index (χ1n) is 6.46. The van der Waals surface area contributed by atoms with Crippen molar-refractivity contribution in [2.75, 3.05) is 18.6 Å². The number of nitrogen functional groups attached to an aromatic ring is 1. The summed E-state index contributed by atoms with van der Waals surface area (Å²) in [6, 6.07) is 0.166. The lowest BCUT2D eigenvalue weighted by atomic mass is 10.2. The summed E-state index contributed by atoms with van der Waals surface area (Å²) in [5.74, 6) is 5.92. The van der Waals surface area contributed by atoms with Crippen LogP contribution in [-0.4, -0.2) is 43.3 Å². The van der Waals surface area contributed by atoms with Gasteiger partial charge in [0, 0.05) is 12.4 Å². The molecular formula is C12H19N7O2. The van der Waals surface area contributed by atoms with Gasteiger partial charge in [0.1, 0.15) is 12.9 Å². The molecule has 2 heterocycles. The van der Waals surface area contributed by atoms with Crippen LogP contribution in [0.5, 0.6) is 6.01 Å². The fourth-order valence-corrected chi connectivity index (χ4v) is 1.45. The van der Waals surface area contributed by atoms with Crippen LogP contribution in [0.25, 0.3) is 5.95 Å². The van der Waals surface area contributed by atoms with E-state index in [0.717, 1.165) is 0 Å². The molecule has 2 rings (SSSR count). The van der Waals surface area contributed by atoms with Gasteiger partial charge in [0.05, 0.1) is 12.2 Å². The molecule has 0 aromatic carbocycles. The van der Waals surface area contributed by atoms with Crippen LogP contribution in [0.15, 0.2) is 18.7 Å². The molecule has 114 valence electrons. The van der Waals surface area contributed by atoms with Crippen molar-refractivity contribution < 1.29 is 9.47 Å². The second-order valence-corrected chi connectivity index (χ2v) is 5.17. The van der Waals surface area contributed by atoms with Gasteiger partial charge in [-0.1, -0.05) is 0 Å². The summed E-state index contributed by atoms with van der Waals surface area (Å²) in [7, 11) is 0. The van der Waals surface area contributed by atoms with Crippen LogP contribution in [0.3, 0.4) is 0 Å². The number of nitrogens with one attached hydrogen (secondary N) is 1. The normalized spacial score (nSPS) is 11.4. The van der Waals surface area contributed by atoms with Gasteiger partial charge in [0.25, 0.3) is 0 Å². The van der Waals surface area contributed by atoms with Crippen molar-refractivity contribution in [2.24, 2.45) is 5.84 Å². The minimum Gasteiger partial charge on any atom is -0.461 e. The van der Waals surface area contributed by atoms with Gasteiger partial charge in [0.15, 0.2) is 0 Å². The van der Waals surface area contributed by atoms with Gasteiger partial charge in [-0.05, 0) is 20.8 Å². The Morgan fingerprint density at radius 1 is 1.24 bits per heavy atom. The molecule has 0 aliphatic carbocycles. The molecule has 0 atom stereocenters. The third-order valence-corrected chi connectivity index (χ3v) is 2.32. The first kappa shape index (κ1) is 15.1. The summed E-state index contributed by atoms with van der Waals surface area (Å²) in [4.78, 5) is 16.3. The Labute approximate surface area is 122 Å². The Kier molecular flexibility index (Phi) is 4.66. The number of hydrogen-bond donors (Lipinski definition) is 2. The maximum absolute atomic E-state index is 5.56. The number of imidazole rings is 1. The van der Waals surface area contributed by atoms with Crippen LogP contribution in [-0.2, 0) is 4.74 Å². The van der Waals surface area contributed by atoms with E-state index in [2.05, 4.69) is 25.4 Å². The molecule has 0 spiro atoms. The predicted octanol–water partition coefficient (Wildman–Crippen LogP) is 0.537. The molecule has 21 heavy (non-hydrogen) atoms. The zero-order valence-corrected chi connectivity index (χ0v) is 12.3. The number of aromatic nitrogens is 5. The molecule has 0 saturated heterocycles. The largest absolute Gasteiger partial charge is 0.461 e. The van der Waals surface area contributed by atoms with E-state index < -0.39 is 0 Å². The van der Waals surface area contributed by atoms with Gasteiger partial charge in [-0.25, -0.2) is 10.8 Å². The lowest BCUT2D eigenvalue weighted by Gasteiger charge is -2.19. The van der Waals surface area contributed by atoms with Crippen molar-refractivity contribution in [1.82, 2.24) is 24.5 Å². The number of anilines is 1. The van der Waals surface area contributed by atoms with E-state index in [0.29, 0.717) is 19.2 Å². The SMILES string of the molecule is CC(C)(C)OCCOc1nc(NN)nc(-n2ccnc2)n1. The molecule has 2 aromatic rings. The molecule has 0 fully saturated rings. The summed E-state index contributed by atoms with van der Waals surface area (Å²) in [5, 5.41) is 0. The standard InChI is InChI=1S/C12H19N7O2/c1-12(2,3)21-7-6-20-11-16-9(18-13)15-10(17-11)19-5-4-14-8-19/h4-5,8H,6-7,13H2,1-3H3,(H,15,16,17,18). The van der Waals surface area contributed by atoms with Crippen molar-refractivity contribution in [3.8, 4) is 12.0 Å². The number of hydrogen-bond acceptors (Lipinski definition) is 8. The van der Waals surface area contributed by atoms with Crippen LogP contribution < -0.4 is 16.0 Å². The van der Waals surface area contributed by atoms with Crippen LogP contribution in [0.2, 0.25) is 0 Å². The average molecular weight is 293 g/mol. The monoisotopic (exact) mass is 293 g/mol. The first-order chi connectivity index (χ1) is 9.98. The van der Waals surface area contributed by atoms with E-state index in [-0.39, 0.29) is 17.6 Å². The topological polar surface area (TPSA) is 113 Å². The molecule has 3 N–H and O–H groups in total. The molecule has 9 heteroatoms. The summed E-state index contributed by atoms with van der Waals surface area (Å²) >= 11 is 0. The minimum atomic E-state index is -0.214. The van der Waals surface area contributed by atoms with Crippen molar-refractivity contribution in [1.29, 1.82) is 0 Å².